The van der Waals surface area contributed by atoms with E-state index in [0.29, 0.717) is 31.1 Å². The van der Waals surface area contributed by atoms with E-state index in [-0.39, 0.29) is 5.91 Å². The van der Waals surface area contributed by atoms with Gasteiger partial charge in [-0.05, 0) is 24.1 Å². The molecule has 22 heavy (non-hydrogen) atoms. The summed E-state index contributed by atoms with van der Waals surface area (Å²) in [6.45, 7) is 0.474. The number of benzene rings is 2. The van der Waals surface area contributed by atoms with E-state index in [9.17, 15) is 4.79 Å². The first-order chi connectivity index (χ1) is 10.7. The van der Waals surface area contributed by atoms with Crippen molar-refractivity contribution in [3.05, 3.63) is 60.2 Å². The van der Waals surface area contributed by atoms with E-state index in [1.165, 1.54) is 0 Å². The van der Waals surface area contributed by atoms with E-state index in [1.54, 1.807) is 11.9 Å². The van der Waals surface area contributed by atoms with Gasteiger partial charge in [-0.3, -0.25) is 4.79 Å². The highest BCUT2D eigenvalue weighted by molar-refractivity contribution is 6.18. The van der Waals surface area contributed by atoms with E-state index in [4.69, 9.17) is 16.3 Å². The summed E-state index contributed by atoms with van der Waals surface area (Å²) in [6.07, 6.45) is 1.12. The van der Waals surface area contributed by atoms with Crippen LogP contribution in [-0.2, 0) is 11.4 Å². The fourth-order valence-corrected chi connectivity index (χ4v) is 2.25. The third-order valence-electron chi connectivity index (χ3n) is 3.36. The van der Waals surface area contributed by atoms with Crippen LogP contribution in [0.15, 0.2) is 54.6 Å². The Morgan fingerprint density at radius 3 is 2.50 bits per heavy atom. The van der Waals surface area contributed by atoms with Gasteiger partial charge in [0.1, 0.15) is 12.4 Å². The smallest absolute Gasteiger partial charge is 0.226 e. The van der Waals surface area contributed by atoms with Crippen molar-refractivity contribution >= 4 is 23.2 Å². The van der Waals surface area contributed by atoms with Gasteiger partial charge in [0.05, 0.1) is 5.69 Å². The lowest BCUT2D eigenvalue weighted by molar-refractivity contribution is -0.118. The maximum absolute atomic E-state index is 12.1. The highest BCUT2D eigenvalue weighted by Gasteiger charge is 2.14. The Kier molecular flexibility index (Phi) is 6.28. The largest absolute Gasteiger partial charge is 0.487 e. The Bertz CT molecular complexity index is 601. The van der Waals surface area contributed by atoms with Crippen molar-refractivity contribution < 1.29 is 9.53 Å². The van der Waals surface area contributed by atoms with Crippen molar-refractivity contribution in [2.24, 2.45) is 0 Å². The second-order valence-electron chi connectivity index (χ2n) is 4.99. The van der Waals surface area contributed by atoms with Crippen LogP contribution in [0.2, 0.25) is 0 Å². The van der Waals surface area contributed by atoms with Gasteiger partial charge in [0.25, 0.3) is 0 Å². The first-order valence-electron chi connectivity index (χ1n) is 7.30. The maximum atomic E-state index is 12.1. The Balaban J connectivity index is 2.07. The van der Waals surface area contributed by atoms with Gasteiger partial charge >= 0.3 is 0 Å². The molecule has 0 heterocycles. The molecular weight excluding hydrogens is 298 g/mol. The molecule has 0 bridgehead atoms. The Hall–Kier alpha value is -2.00. The minimum atomic E-state index is 0.0383. The number of halogens is 1. The highest BCUT2D eigenvalue weighted by Crippen LogP contribution is 2.28. The molecule has 0 unspecified atom stereocenters. The third kappa shape index (κ3) is 4.50. The van der Waals surface area contributed by atoms with Gasteiger partial charge < -0.3 is 9.64 Å². The summed E-state index contributed by atoms with van der Waals surface area (Å²) in [6, 6.07) is 17.5. The number of para-hydroxylation sites is 2. The van der Waals surface area contributed by atoms with Crippen LogP contribution in [0.3, 0.4) is 0 Å². The third-order valence-corrected chi connectivity index (χ3v) is 3.63. The number of amides is 1. The summed E-state index contributed by atoms with van der Waals surface area (Å²) in [5.41, 5.74) is 1.87. The summed E-state index contributed by atoms with van der Waals surface area (Å²) < 4.78 is 5.88. The Morgan fingerprint density at radius 1 is 1.09 bits per heavy atom. The van der Waals surface area contributed by atoms with E-state index >= 15 is 0 Å². The lowest BCUT2D eigenvalue weighted by Gasteiger charge is -2.20. The van der Waals surface area contributed by atoms with Gasteiger partial charge in [0.15, 0.2) is 0 Å². The molecule has 2 aromatic rings. The minimum absolute atomic E-state index is 0.0383. The number of nitrogens with zero attached hydrogens (tertiary/aromatic N) is 1. The van der Waals surface area contributed by atoms with Crippen molar-refractivity contribution in [3.63, 3.8) is 0 Å². The van der Waals surface area contributed by atoms with E-state index in [0.717, 1.165) is 11.3 Å². The number of carbonyl (C=O) groups is 1. The molecule has 1 amide bonds. The number of hydrogen-bond acceptors (Lipinski definition) is 2. The topological polar surface area (TPSA) is 29.5 Å². The van der Waals surface area contributed by atoms with Gasteiger partial charge in [0.2, 0.25) is 5.91 Å². The quantitative estimate of drug-likeness (QED) is 0.715. The Morgan fingerprint density at radius 2 is 1.77 bits per heavy atom. The molecule has 0 radical (unpaired) electrons. The van der Waals surface area contributed by atoms with Crippen molar-refractivity contribution in [3.8, 4) is 5.75 Å². The predicted molar refractivity (Wildman–Crippen MR) is 90.6 cm³/mol. The minimum Gasteiger partial charge on any atom is -0.487 e. The van der Waals surface area contributed by atoms with Crippen LogP contribution in [0, 0.1) is 0 Å². The summed E-state index contributed by atoms with van der Waals surface area (Å²) in [5, 5.41) is 0. The van der Waals surface area contributed by atoms with Crippen molar-refractivity contribution in [2.75, 3.05) is 17.8 Å². The first-order valence-corrected chi connectivity index (χ1v) is 7.84. The molecule has 0 atom stereocenters. The second-order valence-corrected chi connectivity index (χ2v) is 5.37. The van der Waals surface area contributed by atoms with E-state index in [1.807, 2.05) is 54.6 Å². The van der Waals surface area contributed by atoms with Gasteiger partial charge in [-0.2, -0.15) is 0 Å². The van der Waals surface area contributed by atoms with Crippen LogP contribution < -0.4 is 9.64 Å². The number of rotatable bonds is 7. The van der Waals surface area contributed by atoms with Crippen LogP contribution in [0.25, 0.3) is 0 Å². The van der Waals surface area contributed by atoms with Gasteiger partial charge in [0, 0.05) is 19.3 Å². The summed E-state index contributed by atoms with van der Waals surface area (Å²) in [5.74, 6) is 1.23. The van der Waals surface area contributed by atoms with Gasteiger partial charge in [-0.15, -0.1) is 11.6 Å². The standard InChI is InChI=1S/C18H20ClNO2/c1-20(18(21)12-7-13-19)16-10-5-6-11-17(16)22-14-15-8-3-2-4-9-15/h2-6,8-11H,7,12-14H2,1H3. The first kappa shape index (κ1) is 16.4. The lowest BCUT2D eigenvalue weighted by Crippen LogP contribution is -2.26. The SMILES string of the molecule is CN(C(=O)CCCCl)c1ccccc1OCc1ccccc1. The van der Waals surface area contributed by atoms with Gasteiger partial charge in [-0.1, -0.05) is 42.5 Å². The average Bonchev–Trinajstić information content (AvgIpc) is 2.58. The fourth-order valence-electron chi connectivity index (χ4n) is 2.11. The van der Waals surface area contributed by atoms with Crippen molar-refractivity contribution in [1.82, 2.24) is 0 Å². The van der Waals surface area contributed by atoms with Crippen LogP contribution in [-0.4, -0.2) is 18.8 Å². The fraction of sp³-hybridized carbons (Fsp3) is 0.278. The molecular formula is C18H20ClNO2. The monoisotopic (exact) mass is 317 g/mol. The Labute approximate surface area is 136 Å². The molecule has 0 aromatic heterocycles. The van der Waals surface area contributed by atoms with Crippen molar-refractivity contribution in [1.29, 1.82) is 0 Å². The second kappa shape index (κ2) is 8.44. The van der Waals surface area contributed by atoms with Crippen LogP contribution >= 0.6 is 11.6 Å². The summed E-state index contributed by atoms with van der Waals surface area (Å²) >= 11 is 5.65. The normalized spacial score (nSPS) is 10.3. The zero-order valence-electron chi connectivity index (χ0n) is 12.7. The molecule has 2 rings (SSSR count). The van der Waals surface area contributed by atoms with E-state index in [2.05, 4.69) is 0 Å². The zero-order valence-corrected chi connectivity index (χ0v) is 13.4. The number of hydrogen-bond donors (Lipinski definition) is 0. The number of carbonyl (C=O) groups excluding carboxylic acids is 1. The average molecular weight is 318 g/mol. The molecule has 0 spiro atoms. The molecule has 2 aromatic carbocycles. The van der Waals surface area contributed by atoms with Crippen molar-refractivity contribution in [2.45, 2.75) is 19.4 Å². The highest BCUT2D eigenvalue weighted by atomic mass is 35.5. The van der Waals surface area contributed by atoms with Crippen LogP contribution in [0.4, 0.5) is 5.69 Å². The number of ether oxygens (including phenoxy) is 1. The molecule has 3 nitrogen and oxygen atoms in total. The number of anilines is 1. The molecule has 0 N–H and O–H groups in total. The molecule has 0 aliphatic carbocycles. The molecule has 116 valence electrons. The molecule has 0 aliphatic heterocycles. The molecule has 4 heteroatoms. The summed E-state index contributed by atoms with van der Waals surface area (Å²) in [7, 11) is 1.77. The van der Waals surface area contributed by atoms with Crippen LogP contribution in [0.1, 0.15) is 18.4 Å². The molecule has 0 saturated carbocycles. The molecule has 0 saturated heterocycles. The lowest BCUT2D eigenvalue weighted by atomic mass is 10.2. The zero-order chi connectivity index (χ0) is 15.8. The molecule has 0 fully saturated rings. The maximum Gasteiger partial charge on any atom is 0.226 e. The summed E-state index contributed by atoms with van der Waals surface area (Å²) in [4.78, 5) is 13.8. The van der Waals surface area contributed by atoms with Gasteiger partial charge in [-0.25, -0.2) is 0 Å². The number of alkyl halides is 1. The van der Waals surface area contributed by atoms with Crippen LogP contribution in [0.5, 0.6) is 5.75 Å². The van der Waals surface area contributed by atoms with E-state index < -0.39 is 0 Å². The predicted octanol–water partition coefficient (Wildman–Crippen LogP) is 4.25. The molecule has 0 aliphatic rings.